The molecule has 2 rings (SSSR count). The van der Waals surface area contributed by atoms with E-state index in [0.717, 1.165) is 0 Å². The molecule has 0 bridgehead atoms. The van der Waals surface area contributed by atoms with E-state index in [0.29, 0.717) is 5.56 Å². The third-order valence-corrected chi connectivity index (χ3v) is 3.34. The molecule has 1 aromatic rings. The summed E-state index contributed by atoms with van der Waals surface area (Å²) in [6.45, 7) is 0.872. The van der Waals surface area contributed by atoms with Crippen molar-refractivity contribution in [1.29, 1.82) is 0 Å². The standard InChI is InChI=1S/C16H19F2NO7/c1-2-22-14(20)13(16(17,18)8-12-24-10-25-26-12)19-15(21)23-9-11-6-4-3-5-7-11/h3-7,12-13H,2,8-10H2,1H3,(H,19,21). The van der Waals surface area contributed by atoms with Gasteiger partial charge in [-0.1, -0.05) is 30.3 Å². The van der Waals surface area contributed by atoms with E-state index < -0.39 is 36.7 Å². The Labute approximate surface area is 148 Å². The second kappa shape index (κ2) is 9.41. The molecule has 2 unspecified atom stereocenters. The summed E-state index contributed by atoms with van der Waals surface area (Å²) in [4.78, 5) is 32.6. The molecule has 1 fully saturated rings. The number of ether oxygens (including phenoxy) is 3. The van der Waals surface area contributed by atoms with Gasteiger partial charge >= 0.3 is 12.1 Å². The summed E-state index contributed by atoms with van der Waals surface area (Å²) >= 11 is 0. The fraction of sp³-hybridized carbons (Fsp3) is 0.500. The molecule has 1 saturated heterocycles. The molecule has 1 amide bonds. The highest BCUT2D eigenvalue weighted by Crippen LogP contribution is 2.29. The van der Waals surface area contributed by atoms with Crippen LogP contribution in [0.2, 0.25) is 0 Å². The van der Waals surface area contributed by atoms with E-state index in [4.69, 9.17) is 9.47 Å². The van der Waals surface area contributed by atoms with Gasteiger partial charge in [0, 0.05) is 0 Å². The summed E-state index contributed by atoms with van der Waals surface area (Å²) in [5.74, 6) is -5.02. The minimum absolute atomic E-state index is 0.133. The van der Waals surface area contributed by atoms with Crippen molar-refractivity contribution < 1.29 is 42.4 Å². The summed E-state index contributed by atoms with van der Waals surface area (Å²) in [5.41, 5.74) is 0.659. The molecular weight excluding hydrogens is 356 g/mol. The summed E-state index contributed by atoms with van der Waals surface area (Å²) < 4.78 is 43.2. The van der Waals surface area contributed by atoms with Crippen molar-refractivity contribution in [2.24, 2.45) is 0 Å². The third-order valence-electron chi connectivity index (χ3n) is 3.34. The van der Waals surface area contributed by atoms with E-state index in [2.05, 4.69) is 14.5 Å². The van der Waals surface area contributed by atoms with Gasteiger partial charge in [-0.05, 0) is 12.5 Å². The highest BCUT2D eigenvalue weighted by Gasteiger charge is 2.49. The minimum Gasteiger partial charge on any atom is -0.464 e. The van der Waals surface area contributed by atoms with Crippen LogP contribution in [0.5, 0.6) is 0 Å². The predicted octanol–water partition coefficient (Wildman–Crippen LogP) is 2.13. The molecule has 0 aliphatic carbocycles. The molecule has 0 aromatic heterocycles. The van der Waals surface area contributed by atoms with Crippen LogP contribution in [0.3, 0.4) is 0 Å². The monoisotopic (exact) mass is 375 g/mol. The van der Waals surface area contributed by atoms with Crippen LogP contribution in [0.15, 0.2) is 30.3 Å². The molecule has 0 saturated carbocycles. The van der Waals surface area contributed by atoms with Crippen molar-refractivity contribution in [3.8, 4) is 0 Å². The molecule has 0 spiro atoms. The number of nitrogens with one attached hydrogen (secondary N) is 1. The Morgan fingerprint density at radius 3 is 2.65 bits per heavy atom. The molecule has 1 heterocycles. The Bertz CT molecular complexity index is 594. The van der Waals surface area contributed by atoms with Gasteiger partial charge in [0.2, 0.25) is 0 Å². The van der Waals surface area contributed by atoms with Crippen LogP contribution in [0.4, 0.5) is 13.6 Å². The summed E-state index contributed by atoms with van der Waals surface area (Å²) in [5, 5.41) is 1.85. The molecular formula is C16H19F2NO7. The fourth-order valence-corrected chi connectivity index (χ4v) is 2.11. The van der Waals surface area contributed by atoms with Gasteiger partial charge in [-0.15, -0.1) is 0 Å². The highest BCUT2D eigenvalue weighted by molar-refractivity contribution is 5.82. The Kier molecular flexibility index (Phi) is 7.25. The minimum atomic E-state index is -3.73. The lowest BCUT2D eigenvalue weighted by molar-refractivity contribution is -0.287. The normalized spacial score (nSPS) is 18.2. The van der Waals surface area contributed by atoms with Crippen LogP contribution in [-0.2, 0) is 35.4 Å². The average Bonchev–Trinajstić information content (AvgIpc) is 3.11. The second-order valence-electron chi connectivity index (χ2n) is 5.28. The van der Waals surface area contributed by atoms with Crippen LogP contribution in [0.1, 0.15) is 18.9 Å². The predicted molar refractivity (Wildman–Crippen MR) is 81.7 cm³/mol. The van der Waals surface area contributed by atoms with Crippen LogP contribution in [0, 0.1) is 0 Å². The van der Waals surface area contributed by atoms with E-state index in [-0.39, 0.29) is 20.0 Å². The molecule has 26 heavy (non-hydrogen) atoms. The third kappa shape index (κ3) is 5.90. The highest BCUT2D eigenvalue weighted by atomic mass is 19.3. The van der Waals surface area contributed by atoms with Crippen LogP contribution in [-0.4, -0.2) is 43.7 Å². The number of esters is 1. The lowest BCUT2D eigenvalue weighted by atomic mass is 10.1. The fourth-order valence-electron chi connectivity index (χ4n) is 2.11. The number of hydrogen-bond acceptors (Lipinski definition) is 7. The number of hydrogen-bond donors (Lipinski definition) is 1. The number of carbonyl (C=O) groups excluding carboxylic acids is 2. The number of benzene rings is 1. The van der Waals surface area contributed by atoms with Crippen LogP contribution >= 0.6 is 0 Å². The molecule has 10 heteroatoms. The molecule has 8 nitrogen and oxygen atoms in total. The van der Waals surface area contributed by atoms with Gasteiger partial charge < -0.3 is 19.5 Å². The van der Waals surface area contributed by atoms with Crippen molar-refractivity contribution in [3.63, 3.8) is 0 Å². The van der Waals surface area contributed by atoms with E-state index in [1.54, 1.807) is 30.3 Å². The van der Waals surface area contributed by atoms with Crippen LogP contribution < -0.4 is 5.32 Å². The van der Waals surface area contributed by atoms with Crippen molar-refractivity contribution in [2.75, 3.05) is 13.4 Å². The number of halogens is 2. The Morgan fingerprint density at radius 1 is 1.31 bits per heavy atom. The zero-order valence-corrected chi connectivity index (χ0v) is 14.0. The van der Waals surface area contributed by atoms with Gasteiger partial charge in [0.1, 0.15) is 6.61 Å². The van der Waals surface area contributed by atoms with E-state index in [1.807, 2.05) is 5.32 Å². The largest absolute Gasteiger partial charge is 0.464 e. The first kappa shape index (κ1) is 20.0. The van der Waals surface area contributed by atoms with E-state index in [1.165, 1.54) is 6.92 Å². The number of carbonyl (C=O) groups is 2. The summed E-state index contributed by atoms with van der Waals surface area (Å²) in [6.07, 6.45) is -3.57. The van der Waals surface area contributed by atoms with Crippen molar-refractivity contribution >= 4 is 12.1 Å². The number of rotatable bonds is 8. The first-order chi connectivity index (χ1) is 12.4. The van der Waals surface area contributed by atoms with E-state index >= 15 is 0 Å². The van der Waals surface area contributed by atoms with Crippen molar-refractivity contribution in [1.82, 2.24) is 5.32 Å². The lowest BCUT2D eigenvalue weighted by Crippen LogP contribution is -2.54. The molecule has 1 aromatic carbocycles. The quantitative estimate of drug-likeness (QED) is 0.550. The maximum atomic E-state index is 14.5. The first-order valence-electron chi connectivity index (χ1n) is 7.84. The van der Waals surface area contributed by atoms with Gasteiger partial charge in [0.05, 0.1) is 13.0 Å². The Morgan fingerprint density at radius 2 is 2.04 bits per heavy atom. The first-order valence-corrected chi connectivity index (χ1v) is 7.84. The van der Waals surface area contributed by atoms with Gasteiger partial charge in [-0.2, -0.15) is 0 Å². The smallest absolute Gasteiger partial charge is 0.408 e. The van der Waals surface area contributed by atoms with Gasteiger partial charge in [0.25, 0.3) is 5.92 Å². The molecule has 1 aliphatic rings. The van der Waals surface area contributed by atoms with Gasteiger partial charge in [-0.3, -0.25) is 0 Å². The summed E-state index contributed by atoms with van der Waals surface area (Å²) in [7, 11) is 0. The lowest BCUT2D eigenvalue weighted by Gasteiger charge is -2.26. The SMILES string of the molecule is CCOC(=O)C(NC(=O)OCc1ccccc1)C(F)(F)CC1OCOO1. The van der Waals surface area contributed by atoms with Crippen molar-refractivity contribution in [2.45, 2.75) is 38.2 Å². The molecule has 2 atom stereocenters. The van der Waals surface area contributed by atoms with E-state index in [9.17, 15) is 18.4 Å². The molecule has 144 valence electrons. The number of alkyl carbamates (subject to hydrolysis) is 1. The zero-order chi connectivity index (χ0) is 19.0. The molecule has 1 N–H and O–H groups in total. The molecule has 1 aliphatic heterocycles. The maximum absolute atomic E-state index is 14.5. The van der Waals surface area contributed by atoms with Gasteiger partial charge in [-0.25, -0.2) is 28.1 Å². The average molecular weight is 375 g/mol. The zero-order valence-electron chi connectivity index (χ0n) is 14.0. The van der Waals surface area contributed by atoms with Crippen molar-refractivity contribution in [3.05, 3.63) is 35.9 Å². The molecule has 0 radical (unpaired) electrons. The Balaban J connectivity index is 1.98. The van der Waals surface area contributed by atoms with Gasteiger partial charge in [0.15, 0.2) is 19.1 Å². The number of alkyl halides is 2. The summed E-state index contributed by atoms with van der Waals surface area (Å²) in [6, 6.07) is 6.36. The number of amides is 1. The van der Waals surface area contributed by atoms with Crippen LogP contribution in [0.25, 0.3) is 0 Å². The topological polar surface area (TPSA) is 92.3 Å². The maximum Gasteiger partial charge on any atom is 0.408 e. The second-order valence-corrected chi connectivity index (χ2v) is 5.28. The Hall–Kier alpha value is -2.30.